The van der Waals surface area contributed by atoms with Crippen LogP contribution in [0, 0.1) is 17.3 Å². The molecule has 7 heteroatoms. The standard InChI is InChI=1S/C29H48N4O3/c1-7-14-33(15-8-2)28(36)23-11-9-10-22(17-23)27(35)32-25(18-29(4,5)6)24(30)16-20(3)26(34)31-19-21-12-13-21/h9-11,17,20-21,24-25H,7-8,12-16,18-19,30H2,1-6H3,(H,31,34)(H,32,35)/t20-,24+,25+/m1/s1. The highest BCUT2D eigenvalue weighted by molar-refractivity contribution is 5.99. The summed E-state index contributed by atoms with van der Waals surface area (Å²) in [5, 5.41) is 6.15. The first-order chi connectivity index (χ1) is 16.9. The van der Waals surface area contributed by atoms with Gasteiger partial charge in [-0.3, -0.25) is 14.4 Å². The third kappa shape index (κ3) is 9.92. The third-order valence-corrected chi connectivity index (χ3v) is 6.65. The molecule has 0 aliphatic heterocycles. The molecule has 1 aromatic carbocycles. The Bertz CT molecular complexity index is 870. The number of carbonyl (C=O) groups is 3. The molecule has 0 spiro atoms. The van der Waals surface area contributed by atoms with Crippen molar-refractivity contribution in [2.24, 2.45) is 23.0 Å². The maximum atomic E-state index is 13.3. The summed E-state index contributed by atoms with van der Waals surface area (Å²) in [5.41, 5.74) is 7.48. The molecule has 7 nitrogen and oxygen atoms in total. The fourth-order valence-electron chi connectivity index (χ4n) is 4.47. The second-order valence-electron chi connectivity index (χ2n) is 11.7. The highest BCUT2D eigenvalue weighted by atomic mass is 16.2. The smallest absolute Gasteiger partial charge is 0.253 e. The highest BCUT2D eigenvalue weighted by Crippen LogP contribution is 2.28. The molecule has 0 unspecified atom stereocenters. The molecule has 3 atom stereocenters. The largest absolute Gasteiger partial charge is 0.356 e. The van der Waals surface area contributed by atoms with E-state index in [0.717, 1.165) is 19.4 Å². The minimum Gasteiger partial charge on any atom is -0.356 e. The fraction of sp³-hybridized carbons (Fsp3) is 0.690. The number of nitrogens with one attached hydrogen (secondary N) is 2. The van der Waals surface area contributed by atoms with Gasteiger partial charge in [0.05, 0.1) is 0 Å². The van der Waals surface area contributed by atoms with Gasteiger partial charge in [-0.25, -0.2) is 0 Å². The van der Waals surface area contributed by atoms with Gasteiger partial charge in [0.25, 0.3) is 11.8 Å². The van der Waals surface area contributed by atoms with Gasteiger partial charge in [-0.05, 0) is 68.1 Å². The molecule has 0 saturated heterocycles. The van der Waals surface area contributed by atoms with E-state index in [-0.39, 0.29) is 41.1 Å². The number of nitrogens with zero attached hydrogens (tertiary/aromatic N) is 1. The lowest BCUT2D eigenvalue weighted by Gasteiger charge is -2.32. The van der Waals surface area contributed by atoms with Gasteiger partial charge >= 0.3 is 0 Å². The molecule has 1 saturated carbocycles. The van der Waals surface area contributed by atoms with Crippen LogP contribution >= 0.6 is 0 Å². The van der Waals surface area contributed by atoms with Gasteiger partial charge in [-0.1, -0.05) is 47.6 Å². The summed E-state index contributed by atoms with van der Waals surface area (Å²) in [6.45, 7) is 14.5. The number of benzene rings is 1. The average Bonchev–Trinajstić information content (AvgIpc) is 3.65. The normalized spacial score (nSPS) is 16.1. The van der Waals surface area contributed by atoms with Crippen molar-refractivity contribution in [1.82, 2.24) is 15.5 Å². The van der Waals surface area contributed by atoms with Gasteiger partial charge in [0.1, 0.15) is 0 Å². The zero-order chi connectivity index (χ0) is 26.9. The molecule has 36 heavy (non-hydrogen) atoms. The van der Waals surface area contributed by atoms with Crippen molar-refractivity contribution in [3.8, 4) is 0 Å². The molecular formula is C29H48N4O3. The van der Waals surface area contributed by atoms with Crippen LogP contribution in [0.15, 0.2) is 24.3 Å². The average molecular weight is 501 g/mol. The number of carbonyl (C=O) groups excluding carboxylic acids is 3. The van der Waals surface area contributed by atoms with Crippen molar-refractivity contribution < 1.29 is 14.4 Å². The zero-order valence-electron chi connectivity index (χ0n) is 23.2. The molecule has 0 radical (unpaired) electrons. The van der Waals surface area contributed by atoms with Crippen molar-refractivity contribution >= 4 is 17.7 Å². The molecule has 2 rings (SSSR count). The maximum absolute atomic E-state index is 13.3. The lowest BCUT2D eigenvalue weighted by Crippen LogP contribution is -2.50. The summed E-state index contributed by atoms with van der Waals surface area (Å²) in [6, 6.07) is 6.24. The van der Waals surface area contributed by atoms with Gasteiger partial charge < -0.3 is 21.3 Å². The van der Waals surface area contributed by atoms with Gasteiger partial charge in [0.2, 0.25) is 5.91 Å². The van der Waals surface area contributed by atoms with Crippen LogP contribution in [0.1, 0.15) is 101 Å². The van der Waals surface area contributed by atoms with Crippen molar-refractivity contribution in [2.45, 2.75) is 92.2 Å². The second-order valence-corrected chi connectivity index (χ2v) is 11.7. The zero-order valence-corrected chi connectivity index (χ0v) is 23.2. The summed E-state index contributed by atoms with van der Waals surface area (Å²) in [7, 11) is 0. The molecule has 0 heterocycles. The van der Waals surface area contributed by atoms with E-state index in [9.17, 15) is 14.4 Å². The molecule has 3 amide bonds. The van der Waals surface area contributed by atoms with E-state index in [4.69, 9.17) is 5.73 Å². The first-order valence-electron chi connectivity index (χ1n) is 13.7. The van der Waals surface area contributed by atoms with Crippen molar-refractivity contribution in [3.05, 3.63) is 35.4 Å². The van der Waals surface area contributed by atoms with Crippen LogP contribution in [0.5, 0.6) is 0 Å². The van der Waals surface area contributed by atoms with Crippen molar-refractivity contribution in [1.29, 1.82) is 0 Å². The lowest BCUT2D eigenvalue weighted by molar-refractivity contribution is -0.124. The maximum Gasteiger partial charge on any atom is 0.253 e. The fourth-order valence-corrected chi connectivity index (χ4v) is 4.47. The van der Waals surface area contributed by atoms with E-state index in [1.807, 2.05) is 11.8 Å². The lowest BCUT2D eigenvalue weighted by atomic mass is 9.83. The second kappa shape index (κ2) is 13.8. The molecule has 1 fully saturated rings. The molecule has 0 bridgehead atoms. The molecule has 202 valence electrons. The Morgan fingerprint density at radius 1 is 1.08 bits per heavy atom. The molecule has 1 aliphatic rings. The SMILES string of the molecule is CCCN(CCC)C(=O)c1cccc(C(=O)N[C@@H](CC(C)(C)C)[C@@H](N)C[C@@H](C)C(=O)NCC2CC2)c1. The Balaban J connectivity index is 2.10. The first kappa shape index (κ1) is 29.8. The van der Waals surface area contributed by atoms with Gasteiger partial charge in [-0.15, -0.1) is 0 Å². The number of hydrogen-bond acceptors (Lipinski definition) is 4. The summed E-state index contributed by atoms with van der Waals surface area (Å²) in [5.74, 6) is 0.108. The van der Waals surface area contributed by atoms with E-state index in [1.165, 1.54) is 12.8 Å². The molecule has 4 N–H and O–H groups in total. The van der Waals surface area contributed by atoms with E-state index >= 15 is 0 Å². The molecule has 1 aromatic rings. The minimum atomic E-state index is -0.371. The predicted octanol–water partition coefficient (Wildman–Crippen LogP) is 4.36. The topological polar surface area (TPSA) is 105 Å². The monoisotopic (exact) mass is 500 g/mol. The predicted molar refractivity (Wildman–Crippen MR) is 146 cm³/mol. The van der Waals surface area contributed by atoms with Crippen molar-refractivity contribution in [3.63, 3.8) is 0 Å². The van der Waals surface area contributed by atoms with E-state index in [1.54, 1.807) is 24.3 Å². The van der Waals surface area contributed by atoms with E-state index < -0.39 is 0 Å². The van der Waals surface area contributed by atoms with Gasteiger partial charge in [0.15, 0.2) is 0 Å². The molecular weight excluding hydrogens is 452 g/mol. The Labute approximate surface area is 218 Å². The van der Waals surface area contributed by atoms with Crippen LogP contribution in [-0.2, 0) is 4.79 Å². The Kier molecular flexibility index (Phi) is 11.4. The van der Waals surface area contributed by atoms with Crippen LogP contribution in [0.25, 0.3) is 0 Å². The van der Waals surface area contributed by atoms with E-state index in [2.05, 4.69) is 45.3 Å². The third-order valence-electron chi connectivity index (χ3n) is 6.65. The quantitative estimate of drug-likeness (QED) is 0.353. The number of nitrogens with two attached hydrogens (primary N) is 1. The van der Waals surface area contributed by atoms with Gasteiger partial charge in [-0.2, -0.15) is 0 Å². The Hall–Kier alpha value is -2.41. The minimum absolute atomic E-state index is 0.0214. The number of hydrogen-bond donors (Lipinski definition) is 3. The van der Waals surface area contributed by atoms with Crippen LogP contribution in [0.4, 0.5) is 0 Å². The van der Waals surface area contributed by atoms with Crippen LogP contribution in [0.3, 0.4) is 0 Å². The molecule has 0 aromatic heterocycles. The summed E-state index contributed by atoms with van der Waals surface area (Å²) in [6.07, 6.45) is 5.31. The van der Waals surface area contributed by atoms with Crippen molar-refractivity contribution in [2.75, 3.05) is 19.6 Å². The van der Waals surface area contributed by atoms with Crippen LogP contribution in [0.2, 0.25) is 0 Å². The number of rotatable bonds is 14. The Morgan fingerprint density at radius 3 is 2.25 bits per heavy atom. The van der Waals surface area contributed by atoms with Crippen LogP contribution < -0.4 is 16.4 Å². The molecule has 1 aliphatic carbocycles. The van der Waals surface area contributed by atoms with Gasteiger partial charge in [0, 0.05) is 48.8 Å². The van der Waals surface area contributed by atoms with Crippen LogP contribution in [-0.4, -0.2) is 54.3 Å². The summed E-state index contributed by atoms with van der Waals surface area (Å²) in [4.78, 5) is 40.7. The summed E-state index contributed by atoms with van der Waals surface area (Å²) >= 11 is 0. The number of amides is 3. The van der Waals surface area contributed by atoms with E-state index in [0.29, 0.717) is 43.0 Å². The highest BCUT2D eigenvalue weighted by Gasteiger charge is 2.30. The Morgan fingerprint density at radius 2 is 1.69 bits per heavy atom. The first-order valence-corrected chi connectivity index (χ1v) is 13.7. The summed E-state index contributed by atoms with van der Waals surface area (Å²) < 4.78 is 0.